The minimum Gasteiger partial charge on any atom is -0.365 e. The molecule has 0 aromatic heterocycles. The number of hydrogen-bond donors (Lipinski definition) is 1. The van der Waals surface area contributed by atoms with Crippen molar-refractivity contribution in [3.05, 3.63) is 74.5 Å². The van der Waals surface area contributed by atoms with Crippen LogP contribution >= 0.6 is 35.0 Å². The molecule has 0 aliphatic carbocycles. The van der Waals surface area contributed by atoms with Gasteiger partial charge in [-0.05, 0) is 48.4 Å². The molecule has 0 bridgehead atoms. The van der Waals surface area contributed by atoms with E-state index in [2.05, 4.69) is 0 Å². The zero-order valence-corrected chi connectivity index (χ0v) is 16.5. The average Bonchev–Trinajstić information content (AvgIpc) is 2.95. The van der Waals surface area contributed by atoms with Crippen LogP contribution in [0.15, 0.2) is 53.1 Å². The van der Waals surface area contributed by atoms with Crippen LogP contribution in [0.5, 0.6) is 0 Å². The van der Waals surface area contributed by atoms with Crippen molar-refractivity contribution in [3.63, 3.8) is 0 Å². The molecular formula is C19H12Cl2FN3O2S. The minimum atomic E-state index is -0.949. The highest BCUT2D eigenvalue weighted by Gasteiger charge is 2.40. The Morgan fingerprint density at radius 1 is 1.25 bits per heavy atom. The zero-order valence-electron chi connectivity index (χ0n) is 14.2. The van der Waals surface area contributed by atoms with Crippen molar-refractivity contribution in [1.82, 2.24) is 0 Å². The van der Waals surface area contributed by atoms with E-state index in [1.54, 1.807) is 24.3 Å². The molecule has 0 spiro atoms. The van der Waals surface area contributed by atoms with E-state index >= 15 is 0 Å². The molecule has 0 radical (unpaired) electrons. The van der Waals surface area contributed by atoms with Gasteiger partial charge in [0.25, 0.3) is 5.91 Å². The first-order valence-electron chi connectivity index (χ1n) is 7.96. The molecular weight excluding hydrogens is 424 g/mol. The molecule has 2 aromatic rings. The smallest absolute Gasteiger partial charge is 0.262 e. The van der Waals surface area contributed by atoms with E-state index in [0.717, 1.165) is 11.8 Å². The van der Waals surface area contributed by atoms with Gasteiger partial charge < -0.3 is 5.73 Å². The zero-order chi connectivity index (χ0) is 20.4. The van der Waals surface area contributed by atoms with E-state index in [-0.39, 0.29) is 22.9 Å². The summed E-state index contributed by atoms with van der Waals surface area (Å²) in [6.07, 6.45) is 0.248. The highest BCUT2D eigenvalue weighted by molar-refractivity contribution is 8.05. The number of benzene rings is 2. The lowest BCUT2D eigenvalue weighted by Crippen LogP contribution is -2.31. The molecule has 28 heavy (non-hydrogen) atoms. The fraction of sp³-hybridized carbons (Fsp3) is 0.105. The summed E-state index contributed by atoms with van der Waals surface area (Å²) in [5.41, 5.74) is 5.99. The van der Waals surface area contributed by atoms with Crippen molar-refractivity contribution < 1.29 is 14.0 Å². The number of nitriles is 1. The Kier molecular flexibility index (Phi) is 5.94. The van der Waals surface area contributed by atoms with E-state index in [4.69, 9.17) is 28.9 Å². The Labute approximate surface area is 174 Å². The Balaban J connectivity index is 2.04. The lowest BCUT2D eigenvalue weighted by atomic mass is 10.1. The fourth-order valence-corrected chi connectivity index (χ4v) is 4.50. The van der Waals surface area contributed by atoms with Crippen LogP contribution in [0.25, 0.3) is 0 Å². The summed E-state index contributed by atoms with van der Waals surface area (Å²) >= 11 is 13.2. The maximum Gasteiger partial charge on any atom is 0.262 e. The third-order valence-electron chi connectivity index (χ3n) is 4.03. The van der Waals surface area contributed by atoms with Gasteiger partial charge in [-0.25, -0.2) is 4.39 Å². The van der Waals surface area contributed by atoms with Crippen molar-refractivity contribution in [2.45, 2.75) is 11.7 Å². The molecule has 3 rings (SSSR count). The first-order chi connectivity index (χ1) is 13.3. The summed E-state index contributed by atoms with van der Waals surface area (Å²) in [6, 6.07) is 11.8. The Morgan fingerprint density at radius 3 is 2.50 bits per heavy atom. The number of hydrogen-bond acceptors (Lipinski definition) is 4. The largest absolute Gasteiger partial charge is 0.365 e. The number of nitrogens with two attached hydrogens (primary N) is 1. The van der Waals surface area contributed by atoms with Crippen molar-refractivity contribution in [3.8, 4) is 6.07 Å². The lowest BCUT2D eigenvalue weighted by molar-refractivity contribution is -0.117. The molecule has 0 saturated carbocycles. The number of nitrogens with zero attached hydrogens (tertiary/aromatic N) is 2. The van der Waals surface area contributed by atoms with E-state index in [1.807, 2.05) is 0 Å². The molecule has 1 fully saturated rings. The normalized spacial score (nSPS) is 18.1. The average molecular weight is 436 g/mol. The van der Waals surface area contributed by atoms with E-state index in [9.17, 15) is 19.2 Å². The van der Waals surface area contributed by atoms with Crippen LogP contribution in [0.3, 0.4) is 0 Å². The van der Waals surface area contributed by atoms with Crippen LogP contribution in [0, 0.1) is 17.1 Å². The summed E-state index contributed by atoms with van der Waals surface area (Å²) in [5.74, 6) is -1.80. The van der Waals surface area contributed by atoms with Crippen LogP contribution in [0.1, 0.15) is 5.56 Å². The van der Waals surface area contributed by atoms with E-state index < -0.39 is 17.0 Å². The number of carbonyl (C=O) groups is 2. The van der Waals surface area contributed by atoms with E-state index in [1.165, 1.54) is 29.2 Å². The second-order valence-corrected chi connectivity index (χ2v) is 7.89. The van der Waals surface area contributed by atoms with Gasteiger partial charge in [-0.1, -0.05) is 41.0 Å². The standard InChI is InChI=1S/C19H12Cl2FN3O2S/c20-11-2-1-10(15(21)8-11)7-16-18(27)25(13-5-3-12(22)4-6-13)19(28-16)14(9-23)17(24)26/h1-6,8,16H,7H2,(H2,24,26). The Hall–Kier alpha value is -2.53. The topological polar surface area (TPSA) is 87.2 Å². The van der Waals surface area contributed by atoms with Crippen molar-refractivity contribution in [2.75, 3.05) is 4.90 Å². The third kappa shape index (κ3) is 3.99. The molecule has 1 saturated heterocycles. The summed E-state index contributed by atoms with van der Waals surface area (Å²) in [5, 5.41) is 9.68. The van der Waals surface area contributed by atoms with Gasteiger partial charge in [-0.3, -0.25) is 14.5 Å². The number of primary amides is 1. The van der Waals surface area contributed by atoms with Crippen molar-refractivity contribution >= 4 is 52.5 Å². The molecule has 1 aliphatic heterocycles. The predicted molar refractivity (Wildman–Crippen MR) is 107 cm³/mol. The number of carbonyl (C=O) groups excluding carboxylic acids is 2. The number of anilines is 1. The summed E-state index contributed by atoms with van der Waals surface area (Å²) in [7, 11) is 0. The Bertz CT molecular complexity index is 1030. The second kappa shape index (κ2) is 8.23. The monoisotopic (exact) mass is 435 g/mol. The summed E-state index contributed by atoms with van der Waals surface area (Å²) in [4.78, 5) is 26.0. The molecule has 142 valence electrons. The van der Waals surface area contributed by atoms with Crippen LogP contribution in [0.2, 0.25) is 10.0 Å². The highest BCUT2D eigenvalue weighted by atomic mass is 35.5. The molecule has 2 N–H and O–H groups in total. The first-order valence-corrected chi connectivity index (χ1v) is 9.59. The first kappa shape index (κ1) is 20.2. The van der Waals surface area contributed by atoms with Gasteiger partial charge in [0.2, 0.25) is 5.91 Å². The predicted octanol–water partition coefficient (Wildman–Crippen LogP) is 4.04. The number of thioether (sulfide) groups is 1. The molecule has 1 aliphatic rings. The molecule has 2 aromatic carbocycles. The number of amides is 2. The van der Waals surface area contributed by atoms with Gasteiger partial charge in [-0.2, -0.15) is 5.26 Å². The molecule has 9 heteroatoms. The van der Waals surface area contributed by atoms with Crippen LogP contribution < -0.4 is 10.6 Å². The van der Waals surface area contributed by atoms with Gasteiger partial charge in [-0.15, -0.1) is 0 Å². The lowest BCUT2D eigenvalue weighted by Gasteiger charge is -2.18. The number of halogens is 3. The highest BCUT2D eigenvalue weighted by Crippen LogP contribution is 2.42. The van der Waals surface area contributed by atoms with Crippen molar-refractivity contribution in [1.29, 1.82) is 5.26 Å². The summed E-state index contributed by atoms with van der Waals surface area (Å²) in [6.45, 7) is 0. The minimum absolute atomic E-state index is 0.113. The molecule has 2 amide bonds. The van der Waals surface area contributed by atoms with Gasteiger partial charge in [0, 0.05) is 15.7 Å². The van der Waals surface area contributed by atoms with Gasteiger partial charge in [0.1, 0.15) is 22.5 Å². The maximum absolute atomic E-state index is 13.3. The van der Waals surface area contributed by atoms with Crippen LogP contribution in [0.4, 0.5) is 10.1 Å². The van der Waals surface area contributed by atoms with Gasteiger partial charge in [0.15, 0.2) is 0 Å². The van der Waals surface area contributed by atoms with E-state index in [0.29, 0.717) is 21.3 Å². The fourth-order valence-electron chi connectivity index (χ4n) is 2.71. The van der Waals surface area contributed by atoms with Gasteiger partial charge in [0.05, 0.1) is 5.25 Å². The molecule has 1 heterocycles. The quantitative estimate of drug-likeness (QED) is 0.579. The number of rotatable bonds is 4. The molecule has 1 unspecified atom stereocenters. The maximum atomic E-state index is 13.3. The third-order valence-corrected chi connectivity index (χ3v) is 5.88. The van der Waals surface area contributed by atoms with Crippen LogP contribution in [-0.4, -0.2) is 17.1 Å². The SMILES string of the molecule is N#CC(C(N)=O)=C1SC(Cc2ccc(Cl)cc2Cl)C(=O)N1c1ccc(F)cc1. The molecule has 1 atom stereocenters. The Morgan fingerprint density at radius 2 is 1.93 bits per heavy atom. The second-order valence-electron chi connectivity index (χ2n) is 5.85. The summed E-state index contributed by atoms with van der Waals surface area (Å²) < 4.78 is 13.3. The molecule has 5 nitrogen and oxygen atoms in total. The van der Waals surface area contributed by atoms with Gasteiger partial charge >= 0.3 is 0 Å². The van der Waals surface area contributed by atoms with Crippen molar-refractivity contribution in [2.24, 2.45) is 5.73 Å². The van der Waals surface area contributed by atoms with Crippen LogP contribution in [-0.2, 0) is 16.0 Å².